The summed E-state index contributed by atoms with van der Waals surface area (Å²) in [6.07, 6.45) is 2.49. The molecule has 0 saturated carbocycles. The summed E-state index contributed by atoms with van der Waals surface area (Å²) in [6, 6.07) is 12.7. The topological polar surface area (TPSA) is 79.7 Å². The molecule has 1 saturated heterocycles. The molecule has 0 bridgehead atoms. The van der Waals surface area contributed by atoms with Crippen LogP contribution in [0.5, 0.6) is 0 Å². The highest BCUT2D eigenvalue weighted by Crippen LogP contribution is 2.24. The Morgan fingerprint density at radius 3 is 2.34 bits per heavy atom. The lowest BCUT2D eigenvalue weighted by Gasteiger charge is -2.33. The summed E-state index contributed by atoms with van der Waals surface area (Å²) in [4.78, 5) is 29.8. The molecule has 0 aliphatic carbocycles. The average molecular weight is 396 g/mol. The highest BCUT2D eigenvalue weighted by Gasteiger charge is 2.27. The van der Waals surface area contributed by atoms with Crippen molar-refractivity contribution in [2.75, 3.05) is 13.1 Å². The van der Waals surface area contributed by atoms with Gasteiger partial charge in [-0.15, -0.1) is 0 Å². The lowest BCUT2D eigenvalue weighted by atomic mass is 9.92. The van der Waals surface area contributed by atoms with E-state index < -0.39 is 11.6 Å². The number of hydrogen-bond acceptors (Lipinski definition) is 4. The van der Waals surface area contributed by atoms with Gasteiger partial charge in [0.25, 0.3) is 0 Å². The Balaban J connectivity index is 1.59. The van der Waals surface area contributed by atoms with Gasteiger partial charge < -0.3 is 14.7 Å². The molecule has 1 aromatic heterocycles. The number of ether oxygens (including phenoxy) is 1. The number of benzene rings is 1. The number of carbonyl (C=O) groups excluding carboxylic acids is 1. The second-order valence-electron chi connectivity index (χ2n) is 8.51. The molecule has 1 aliphatic rings. The summed E-state index contributed by atoms with van der Waals surface area (Å²) >= 11 is 0. The Morgan fingerprint density at radius 1 is 1.10 bits per heavy atom. The molecular weight excluding hydrogens is 368 g/mol. The molecule has 1 N–H and O–H groups in total. The van der Waals surface area contributed by atoms with Gasteiger partial charge in [-0.1, -0.05) is 18.2 Å². The Labute approximate surface area is 171 Å². The molecule has 3 rings (SSSR count). The third kappa shape index (κ3) is 5.79. The van der Waals surface area contributed by atoms with Gasteiger partial charge >= 0.3 is 12.1 Å². The Hall–Kier alpha value is -2.89. The second-order valence-corrected chi connectivity index (χ2v) is 8.51. The number of nitrogens with zero attached hydrogens (tertiary/aromatic N) is 2. The van der Waals surface area contributed by atoms with Crippen LogP contribution in [0.3, 0.4) is 0 Å². The van der Waals surface area contributed by atoms with Crippen molar-refractivity contribution in [3.8, 4) is 11.3 Å². The first kappa shape index (κ1) is 20.8. The molecule has 0 spiro atoms. The van der Waals surface area contributed by atoms with E-state index in [0.29, 0.717) is 19.0 Å². The summed E-state index contributed by atoms with van der Waals surface area (Å²) in [5, 5.41) is 9.03. The second kappa shape index (κ2) is 8.64. The maximum Gasteiger partial charge on any atom is 0.410 e. The first-order valence-corrected chi connectivity index (χ1v) is 9.99. The molecule has 1 aromatic carbocycles. The number of carbonyl (C=O) groups is 2. The van der Waals surface area contributed by atoms with Gasteiger partial charge in [-0.2, -0.15) is 0 Å². The summed E-state index contributed by atoms with van der Waals surface area (Å²) in [5.41, 5.74) is 2.55. The quantitative estimate of drug-likeness (QED) is 0.815. The summed E-state index contributed by atoms with van der Waals surface area (Å²) in [6.45, 7) is 7.05. The van der Waals surface area contributed by atoms with Crippen molar-refractivity contribution in [1.29, 1.82) is 0 Å². The third-order valence-corrected chi connectivity index (χ3v) is 5.00. The number of aromatic carboxylic acids is 1. The minimum absolute atomic E-state index is 0.235. The number of rotatable bonds is 4. The SMILES string of the molecule is CC(C)(C)OC(=O)N1CCC(Cc2cccc(-c3ccc(C(=O)O)cc3)n2)CC1. The highest BCUT2D eigenvalue weighted by atomic mass is 16.6. The standard InChI is InChI=1S/C23H28N2O4/c1-23(2,3)29-22(28)25-13-11-16(12-14-25)15-19-5-4-6-20(24-19)17-7-9-18(10-8-17)21(26)27/h4-10,16H,11-15H2,1-3H3,(H,26,27). The van der Waals surface area contributed by atoms with Gasteiger partial charge in [0.15, 0.2) is 0 Å². The molecule has 0 atom stereocenters. The zero-order chi connectivity index (χ0) is 21.0. The van der Waals surface area contributed by atoms with E-state index in [1.165, 1.54) is 0 Å². The molecule has 0 unspecified atom stereocenters. The largest absolute Gasteiger partial charge is 0.478 e. The number of pyridine rings is 1. The normalized spacial score (nSPS) is 15.2. The number of amides is 1. The number of hydrogen-bond donors (Lipinski definition) is 1. The van der Waals surface area contributed by atoms with E-state index in [2.05, 4.69) is 0 Å². The van der Waals surface area contributed by atoms with Crippen molar-refractivity contribution in [2.24, 2.45) is 5.92 Å². The number of piperidine rings is 1. The zero-order valence-corrected chi connectivity index (χ0v) is 17.2. The van der Waals surface area contributed by atoms with Gasteiger partial charge in [-0.05, 0) is 70.2 Å². The van der Waals surface area contributed by atoms with E-state index in [-0.39, 0.29) is 11.7 Å². The minimum Gasteiger partial charge on any atom is -0.478 e. The smallest absolute Gasteiger partial charge is 0.410 e. The van der Waals surface area contributed by atoms with Gasteiger partial charge in [0.2, 0.25) is 0 Å². The van der Waals surface area contributed by atoms with Gasteiger partial charge in [-0.3, -0.25) is 4.98 Å². The number of carboxylic acid groups (broad SMARTS) is 1. The first-order valence-electron chi connectivity index (χ1n) is 9.99. The van der Waals surface area contributed by atoms with Gasteiger partial charge in [-0.25, -0.2) is 9.59 Å². The molecule has 154 valence electrons. The van der Waals surface area contributed by atoms with Crippen LogP contribution in [-0.4, -0.2) is 45.7 Å². The Bertz CT molecular complexity index is 863. The molecular formula is C23H28N2O4. The van der Waals surface area contributed by atoms with Crippen molar-refractivity contribution < 1.29 is 19.4 Å². The van der Waals surface area contributed by atoms with Crippen molar-refractivity contribution in [3.63, 3.8) is 0 Å². The monoisotopic (exact) mass is 396 g/mol. The van der Waals surface area contributed by atoms with Gasteiger partial charge in [0.1, 0.15) is 5.60 Å². The van der Waals surface area contributed by atoms with Crippen molar-refractivity contribution in [3.05, 3.63) is 53.7 Å². The molecule has 2 aromatic rings. The van der Waals surface area contributed by atoms with Crippen LogP contribution in [0.4, 0.5) is 4.79 Å². The summed E-state index contributed by atoms with van der Waals surface area (Å²) in [7, 11) is 0. The molecule has 0 radical (unpaired) electrons. The van der Waals surface area contributed by atoms with Gasteiger partial charge in [0, 0.05) is 24.3 Å². The molecule has 6 nitrogen and oxygen atoms in total. The fourth-order valence-corrected chi connectivity index (χ4v) is 3.48. The third-order valence-electron chi connectivity index (χ3n) is 5.00. The molecule has 1 amide bonds. The van der Waals surface area contributed by atoms with Crippen LogP contribution in [0.15, 0.2) is 42.5 Å². The van der Waals surface area contributed by atoms with E-state index in [1.807, 2.05) is 39.0 Å². The van der Waals surface area contributed by atoms with Crippen LogP contribution in [0.25, 0.3) is 11.3 Å². The van der Waals surface area contributed by atoms with Crippen LogP contribution >= 0.6 is 0 Å². The Kier molecular flexibility index (Phi) is 6.20. The summed E-state index contributed by atoms with van der Waals surface area (Å²) < 4.78 is 5.46. The van der Waals surface area contributed by atoms with Crippen LogP contribution in [0.1, 0.15) is 49.7 Å². The van der Waals surface area contributed by atoms with Crippen molar-refractivity contribution >= 4 is 12.1 Å². The van der Waals surface area contributed by atoms with Crippen molar-refractivity contribution in [1.82, 2.24) is 9.88 Å². The van der Waals surface area contributed by atoms with Crippen LogP contribution in [-0.2, 0) is 11.2 Å². The van der Waals surface area contributed by atoms with E-state index in [4.69, 9.17) is 14.8 Å². The van der Waals surface area contributed by atoms with Gasteiger partial charge in [0.05, 0.1) is 11.3 Å². The van der Waals surface area contributed by atoms with E-state index in [1.54, 1.807) is 29.2 Å². The van der Waals surface area contributed by atoms with E-state index in [9.17, 15) is 9.59 Å². The number of carboxylic acids is 1. The summed E-state index contributed by atoms with van der Waals surface area (Å²) in [5.74, 6) is -0.457. The number of aromatic nitrogens is 1. The Morgan fingerprint density at radius 2 is 1.76 bits per heavy atom. The van der Waals surface area contributed by atoms with E-state index in [0.717, 1.165) is 36.2 Å². The molecule has 29 heavy (non-hydrogen) atoms. The van der Waals surface area contributed by atoms with Crippen LogP contribution in [0.2, 0.25) is 0 Å². The number of likely N-dealkylation sites (tertiary alicyclic amines) is 1. The average Bonchev–Trinajstić information content (AvgIpc) is 2.67. The predicted octanol–water partition coefficient (Wildman–Crippen LogP) is 4.64. The van der Waals surface area contributed by atoms with E-state index >= 15 is 0 Å². The minimum atomic E-state index is -0.934. The molecule has 1 fully saturated rings. The van der Waals surface area contributed by atoms with Crippen molar-refractivity contribution in [2.45, 2.75) is 45.6 Å². The molecule has 1 aliphatic heterocycles. The fourth-order valence-electron chi connectivity index (χ4n) is 3.48. The maximum atomic E-state index is 12.2. The van der Waals surface area contributed by atoms with Crippen LogP contribution in [0, 0.1) is 5.92 Å². The van der Waals surface area contributed by atoms with Crippen LogP contribution < -0.4 is 0 Å². The maximum absolute atomic E-state index is 12.2. The first-order chi connectivity index (χ1) is 13.7. The lowest BCUT2D eigenvalue weighted by Crippen LogP contribution is -2.42. The fraction of sp³-hybridized carbons (Fsp3) is 0.435. The molecule has 6 heteroatoms. The lowest BCUT2D eigenvalue weighted by molar-refractivity contribution is 0.0184. The highest BCUT2D eigenvalue weighted by molar-refractivity contribution is 5.88. The zero-order valence-electron chi connectivity index (χ0n) is 17.2. The predicted molar refractivity (Wildman–Crippen MR) is 111 cm³/mol. The molecule has 2 heterocycles.